The molecule has 0 fully saturated rings. The maximum atomic E-state index is 10.6. The SMILES string of the molecule is N#Cc1ccc(-c2c(-n3c4ccccc4c4ccccc43)c(-c3ccc(C#N)cn3)c(-n3c4ccccc4c4ccccc43)c(-n3c4ccccc4c4cc(-c5ccc6c(c5)c5ccccc5n6-c5ccccc5)ccc43)c2-n2c3ccccc3c3ccccc32)nc1. The zero-order valence-corrected chi connectivity index (χ0v) is 49.8. The molecule has 0 saturated heterocycles. The third-order valence-electron chi connectivity index (χ3n) is 19.0. The molecule has 19 aromatic rings. The van der Waals surface area contributed by atoms with E-state index in [2.05, 4.69) is 296 Å². The molecule has 430 valence electrons. The highest BCUT2D eigenvalue weighted by Crippen LogP contribution is 2.54. The molecule has 19 rings (SSSR count). The van der Waals surface area contributed by atoms with Crippen LogP contribution in [0.4, 0.5) is 0 Å². The van der Waals surface area contributed by atoms with Crippen molar-refractivity contribution in [2.45, 2.75) is 0 Å². The van der Waals surface area contributed by atoms with Crippen molar-refractivity contribution in [3.05, 3.63) is 309 Å². The number of pyridine rings is 2. The molecule has 0 N–H and O–H groups in total. The van der Waals surface area contributed by atoms with Crippen molar-refractivity contribution < 1.29 is 0 Å². The highest BCUT2D eigenvalue weighted by atomic mass is 15.1. The topological polar surface area (TPSA) is 98.0 Å². The zero-order chi connectivity index (χ0) is 61.4. The molecular weight excluding hydrogens is 1130 g/mol. The van der Waals surface area contributed by atoms with Gasteiger partial charge in [0.05, 0.1) is 112 Å². The van der Waals surface area contributed by atoms with Crippen molar-refractivity contribution in [1.82, 2.24) is 32.8 Å². The summed E-state index contributed by atoms with van der Waals surface area (Å²) in [5.41, 5.74) is 20.6. The Hall–Kier alpha value is -13.1. The maximum absolute atomic E-state index is 10.6. The Balaban J connectivity index is 1.06. The van der Waals surface area contributed by atoms with Crippen LogP contribution in [0.3, 0.4) is 0 Å². The first-order chi connectivity index (χ1) is 46.1. The molecule has 0 atom stereocenters. The number of nitrogens with zero attached hydrogens (tertiary/aromatic N) is 9. The maximum Gasteiger partial charge on any atom is 0.101 e. The van der Waals surface area contributed by atoms with Crippen molar-refractivity contribution in [3.63, 3.8) is 0 Å². The van der Waals surface area contributed by atoms with E-state index in [1.165, 1.54) is 10.8 Å². The Morgan fingerprint density at radius 3 is 0.849 bits per heavy atom. The monoisotopic (exact) mass is 1180 g/mol. The molecular formula is C84H49N9. The number of aromatic nitrogens is 7. The number of benzene rings is 12. The van der Waals surface area contributed by atoms with Crippen LogP contribution in [0, 0.1) is 22.7 Å². The Kier molecular flexibility index (Phi) is 11.3. The largest absolute Gasteiger partial charge is 0.309 e. The van der Waals surface area contributed by atoms with E-state index in [9.17, 15) is 10.5 Å². The van der Waals surface area contributed by atoms with E-state index in [4.69, 9.17) is 9.97 Å². The molecule has 0 aliphatic carbocycles. The molecule has 0 radical (unpaired) electrons. The van der Waals surface area contributed by atoms with Gasteiger partial charge < -0.3 is 22.8 Å². The first-order valence-corrected chi connectivity index (χ1v) is 31.2. The van der Waals surface area contributed by atoms with Crippen LogP contribution in [-0.4, -0.2) is 32.8 Å². The van der Waals surface area contributed by atoms with E-state index in [1.807, 2.05) is 24.3 Å². The van der Waals surface area contributed by atoms with Gasteiger partial charge in [-0.1, -0.05) is 176 Å². The molecule has 7 heterocycles. The number of hydrogen-bond donors (Lipinski definition) is 0. The van der Waals surface area contributed by atoms with Gasteiger partial charge in [0.2, 0.25) is 0 Å². The van der Waals surface area contributed by atoms with Crippen LogP contribution < -0.4 is 0 Å². The summed E-state index contributed by atoms with van der Waals surface area (Å²) in [6.07, 6.45) is 3.39. The molecule has 12 aromatic carbocycles. The summed E-state index contributed by atoms with van der Waals surface area (Å²) in [7, 11) is 0. The minimum Gasteiger partial charge on any atom is -0.309 e. The molecule has 0 amide bonds. The fourth-order valence-electron chi connectivity index (χ4n) is 15.2. The van der Waals surface area contributed by atoms with Crippen LogP contribution in [0.1, 0.15) is 11.1 Å². The first-order valence-electron chi connectivity index (χ1n) is 31.2. The lowest BCUT2D eigenvalue weighted by Gasteiger charge is -2.30. The van der Waals surface area contributed by atoms with Crippen molar-refractivity contribution in [3.8, 4) is 74.2 Å². The molecule has 0 unspecified atom stereocenters. The van der Waals surface area contributed by atoms with E-state index < -0.39 is 0 Å². The Morgan fingerprint density at radius 2 is 0.516 bits per heavy atom. The average molecular weight is 1180 g/mol. The van der Waals surface area contributed by atoms with Gasteiger partial charge in [0.1, 0.15) is 12.1 Å². The van der Waals surface area contributed by atoms with E-state index in [-0.39, 0.29) is 0 Å². The molecule has 0 spiro atoms. The number of para-hydroxylation sites is 9. The fourth-order valence-corrected chi connectivity index (χ4v) is 15.2. The molecule has 9 heteroatoms. The highest BCUT2D eigenvalue weighted by molar-refractivity contribution is 6.19. The quantitative estimate of drug-likeness (QED) is 0.151. The van der Waals surface area contributed by atoms with Crippen LogP contribution in [-0.2, 0) is 0 Å². The number of hydrogen-bond acceptors (Lipinski definition) is 4. The van der Waals surface area contributed by atoms with Gasteiger partial charge in [0, 0.05) is 71.9 Å². The smallest absolute Gasteiger partial charge is 0.101 e. The fraction of sp³-hybridized carbons (Fsp3) is 0. The molecule has 0 bridgehead atoms. The van der Waals surface area contributed by atoms with Gasteiger partial charge in [0.25, 0.3) is 0 Å². The van der Waals surface area contributed by atoms with E-state index >= 15 is 0 Å². The Bertz CT molecular complexity index is 6080. The van der Waals surface area contributed by atoms with Crippen LogP contribution in [0.15, 0.2) is 298 Å². The second-order valence-corrected chi connectivity index (χ2v) is 23.8. The molecule has 0 aliphatic heterocycles. The van der Waals surface area contributed by atoms with Gasteiger partial charge in [0.15, 0.2) is 0 Å². The van der Waals surface area contributed by atoms with Gasteiger partial charge in [-0.15, -0.1) is 0 Å². The summed E-state index contributed by atoms with van der Waals surface area (Å²) < 4.78 is 12.2. The minimum atomic E-state index is 0.436. The Labute approximate surface area is 532 Å². The predicted octanol–water partition coefficient (Wildman–Crippen LogP) is 20.7. The highest BCUT2D eigenvalue weighted by Gasteiger charge is 2.36. The van der Waals surface area contributed by atoms with Gasteiger partial charge >= 0.3 is 0 Å². The van der Waals surface area contributed by atoms with Crippen LogP contribution in [0.5, 0.6) is 0 Å². The normalized spacial score (nSPS) is 11.8. The first kappa shape index (κ1) is 51.9. The standard InChI is InChI=1S/C84H49N9/c85-48-52-38-42-67(87-50-52)79-81(90-70-31-13-4-22-57(70)58-23-5-14-32-71(58)90)80(68-43-39-53(49-86)51-88-68)83(92-74-35-17-8-26-61(74)62-27-9-18-36-75(62)92)84(82(79)91-72-33-15-6-24-59(72)60-25-7-16-34-73(60)91)93-76-37-19-11-29-64(76)66-47-55(41-45-78(66)93)54-40-44-77-65(46-54)63-28-10-12-30-69(63)89(77)56-20-2-1-3-21-56/h1-47,50-51H. The van der Waals surface area contributed by atoms with E-state index in [0.29, 0.717) is 22.5 Å². The molecule has 9 nitrogen and oxygen atoms in total. The minimum absolute atomic E-state index is 0.436. The summed E-state index contributed by atoms with van der Waals surface area (Å²) >= 11 is 0. The number of rotatable bonds is 8. The second-order valence-electron chi connectivity index (χ2n) is 23.8. The molecule has 93 heavy (non-hydrogen) atoms. The zero-order valence-electron chi connectivity index (χ0n) is 49.8. The van der Waals surface area contributed by atoms with Crippen molar-refractivity contribution in [2.24, 2.45) is 0 Å². The van der Waals surface area contributed by atoms with Gasteiger partial charge in [-0.3, -0.25) is 9.97 Å². The average Bonchev–Trinajstić information content (AvgIpc) is 1.61. The second kappa shape index (κ2) is 20.2. The van der Waals surface area contributed by atoms with Crippen molar-refractivity contribution in [2.75, 3.05) is 0 Å². The summed E-state index contributed by atoms with van der Waals surface area (Å²) in [6.45, 7) is 0. The molecule has 0 saturated carbocycles. The summed E-state index contributed by atoms with van der Waals surface area (Å²) in [4.78, 5) is 10.9. The third kappa shape index (κ3) is 7.54. The lowest BCUT2D eigenvalue weighted by Crippen LogP contribution is -2.16. The van der Waals surface area contributed by atoms with Crippen LogP contribution >= 0.6 is 0 Å². The number of fused-ring (bicyclic) bond motifs is 15. The summed E-state index contributed by atoms with van der Waals surface area (Å²) in [6, 6.07) is 107. The lowest BCUT2D eigenvalue weighted by molar-refractivity contribution is 1.03. The van der Waals surface area contributed by atoms with Gasteiger partial charge in [-0.05, 0) is 120 Å². The summed E-state index contributed by atoms with van der Waals surface area (Å²) in [5.74, 6) is 0. The van der Waals surface area contributed by atoms with Crippen LogP contribution in [0.25, 0.3) is 171 Å². The predicted molar refractivity (Wildman–Crippen MR) is 379 cm³/mol. The summed E-state index contributed by atoms with van der Waals surface area (Å²) in [5, 5.41) is 32.2. The van der Waals surface area contributed by atoms with E-state index in [1.54, 1.807) is 12.4 Å². The van der Waals surface area contributed by atoms with E-state index in [0.717, 1.165) is 149 Å². The Morgan fingerprint density at radius 1 is 0.237 bits per heavy atom. The van der Waals surface area contributed by atoms with Crippen LogP contribution in [0.2, 0.25) is 0 Å². The molecule has 7 aromatic heterocycles. The van der Waals surface area contributed by atoms with Gasteiger partial charge in [-0.2, -0.15) is 10.5 Å². The number of nitriles is 2. The van der Waals surface area contributed by atoms with Gasteiger partial charge in [-0.25, -0.2) is 0 Å². The lowest BCUT2D eigenvalue weighted by atomic mass is 9.92. The van der Waals surface area contributed by atoms with Crippen molar-refractivity contribution >= 4 is 109 Å². The third-order valence-corrected chi connectivity index (χ3v) is 19.0. The van der Waals surface area contributed by atoms with Crippen molar-refractivity contribution in [1.29, 1.82) is 10.5 Å². The molecule has 0 aliphatic rings.